The van der Waals surface area contributed by atoms with E-state index >= 15 is 0 Å². The number of rotatable bonds is 4. The molecule has 1 saturated heterocycles. The van der Waals surface area contributed by atoms with E-state index in [0.29, 0.717) is 42.2 Å². The molecule has 0 aliphatic carbocycles. The molecule has 0 spiro atoms. The molecule has 3 heterocycles. The Morgan fingerprint density at radius 1 is 1.09 bits per heavy atom. The molecule has 0 radical (unpaired) electrons. The van der Waals surface area contributed by atoms with Crippen LogP contribution in [-0.2, 0) is 9.59 Å². The van der Waals surface area contributed by atoms with Crippen LogP contribution in [0.5, 0.6) is 11.5 Å². The molecule has 3 amide bonds. The maximum Gasteiger partial charge on any atom is 0.294 e. The number of benzene rings is 2. The van der Waals surface area contributed by atoms with Gasteiger partial charge in [0.15, 0.2) is 22.5 Å². The van der Waals surface area contributed by atoms with E-state index in [0.717, 1.165) is 11.2 Å². The van der Waals surface area contributed by atoms with E-state index in [-0.39, 0.29) is 31.5 Å². The highest BCUT2D eigenvalue weighted by Crippen LogP contribution is 2.34. The molecule has 9 nitrogen and oxygen atoms in total. The molecule has 35 heavy (non-hydrogen) atoms. The maximum atomic E-state index is 12.8. The van der Waals surface area contributed by atoms with Gasteiger partial charge in [-0.15, -0.1) is 0 Å². The third-order valence-corrected chi connectivity index (χ3v) is 6.51. The number of ether oxygens (including phenoxy) is 2. The fourth-order valence-electron chi connectivity index (χ4n) is 3.52. The van der Waals surface area contributed by atoms with Gasteiger partial charge in [-0.25, -0.2) is 0 Å². The van der Waals surface area contributed by atoms with Gasteiger partial charge in [0, 0.05) is 16.8 Å². The van der Waals surface area contributed by atoms with Gasteiger partial charge in [-0.2, -0.15) is 0 Å². The Hall–Kier alpha value is -3.47. The van der Waals surface area contributed by atoms with Gasteiger partial charge in [0.05, 0.1) is 20.9 Å². The lowest BCUT2D eigenvalue weighted by Crippen LogP contribution is -2.36. The van der Waals surface area contributed by atoms with Gasteiger partial charge in [0.2, 0.25) is 5.91 Å². The van der Waals surface area contributed by atoms with Crippen LogP contribution >= 0.6 is 35.0 Å². The molecule has 1 aromatic heterocycles. The molecule has 0 saturated carbocycles. The molecule has 0 bridgehead atoms. The molecule has 2 aliphatic heterocycles. The number of carbonyl (C=O) groups excluding carboxylic acids is 3. The highest BCUT2D eigenvalue weighted by Gasteiger charge is 2.36. The van der Waals surface area contributed by atoms with Gasteiger partial charge in [0.1, 0.15) is 26.0 Å². The number of halogens is 2. The summed E-state index contributed by atoms with van der Waals surface area (Å²) in [6.07, 6.45) is 2.39. The highest BCUT2D eigenvalue weighted by molar-refractivity contribution is 8.18. The van der Waals surface area contributed by atoms with Crippen molar-refractivity contribution < 1.29 is 28.3 Å². The van der Waals surface area contributed by atoms with Gasteiger partial charge in [0.25, 0.3) is 11.1 Å². The summed E-state index contributed by atoms with van der Waals surface area (Å²) < 4.78 is 16.4. The first kappa shape index (κ1) is 23.3. The number of fused-ring (bicyclic) bond motifs is 2. The van der Waals surface area contributed by atoms with Crippen molar-refractivity contribution in [2.24, 2.45) is 0 Å². The number of nitrogens with zero attached hydrogens (tertiary/aromatic N) is 1. The van der Waals surface area contributed by atoms with Crippen molar-refractivity contribution in [3.05, 3.63) is 67.3 Å². The van der Waals surface area contributed by atoms with E-state index in [1.807, 2.05) is 0 Å². The number of hydrogen-bond acceptors (Lipinski definition) is 8. The molecule has 1 fully saturated rings. The Balaban J connectivity index is 1.33. The van der Waals surface area contributed by atoms with Crippen molar-refractivity contribution in [1.29, 1.82) is 0 Å². The lowest BCUT2D eigenvalue weighted by Gasteiger charge is -2.19. The lowest BCUT2D eigenvalue weighted by atomic mass is 10.1. The number of amides is 3. The Labute approximate surface area is 211 Å². The fourth-order valence-corrected chi connectivity index (χ4v) is 4.89. The van der Waals surface area contributed by atoms with Crippen LogP contribution in [0.25, 0.3) is 17.0 Å². The minimum Gasteiger partial charge on any atom is -0.486 e. The van der Waals surface area contributed by atoms with Gasteiger partial charge in [-0.1, -0.05) is 23.2 Å². The minimum absolute atomic E-state index is 0.0260. The number of hydrogen-bond donors (Lipinski definition) is 1. The number of anilines is 1. The van der Waals surface area contributed by atoms with Crippen LogP contribution < -0.4 is 20.2 Å². The third kappa shape index (κ3) is 4.60. The van der Waals surface area contributed by atoms with E-state index in [1.54, 1.807) is 18.2 Å². The average molecular weight is 533 g/mol. The second-order valence-electron chi connectivity index (χ2n) is 7.46. The van der Waals surface area contributed by atoms with Crippen LogP contribution in [0.4, 0.5) is 10.5 Å². The zero-order valence-electron chi connectivity index (χ0n) is 17.6. The summed E-state index contributed by atoms with van der Waals surface area (Å²) in [5.74, 6) is -0.242. The molecule has 12 heteroatoms. The molecule has 2 aliphatic rings. The molecular formula is C23H14Cl2N2O7S. The van der Waals surface area contributed by atoms with E-state index < -0.39 is 29.0 Å². The van der Waals surface area contributed by atoms with Crippen molar-refractivity contribution in [3.8, 4) is 11.5 Å². The SMILES string of the molecule is O=C(CN1C(=O)S/C(=C\c2coc3c(Cl)cc(Cl)cc3c2=O)C1=O)Nc1ccc2c(c1)OCCO2. The summed E-state index contributed by atoms with van der Waals surface area (Å²) in [5, 5.41) is 2.53. The normalized spacial score (nSPS) is 16.3. The zero-order valence-corrected chi connectivity index (χ0v) is 20.0. The average Bonchev–Trinajstić information content (AvgIpc) is 3.08. The molecule has 0 atom stereocenters. The van der Waals surface area contributed by atoms with Crippen LogP contribution in [0.15, 0.2) is 50.7 Å². The largest absolute Gasteiger partial charge is 0.486 e. The Kier molecular flexibility index (Phi) is 6.18. The van der Waals surface area contributed by atoms with Gasteiger partial charge >= 0.3 is 0 Å². The number of thioether (sulfide) groups is 1. The monoisotopic (exact) mass is 532 g/mol. The molecule has 3 aromatic rings. The van der Waals surface area contributed by atoms with Gasteiger partial charge < -0.3 is 19.2 Å². The predicted molar refractivity (Wildman–Crippen MR) is 131 cm³/mol. The summed E-state index contributed by atoms with van der Waals surface area (Å²) in [4.78, 5) is 51.4. The van der Waals surface area contributed by atoms with Crippen molar-refractivity contribution in [1.82, 2.24) is 4.90 Å². The van der Waals surface area contributed by atoms with Gasteiger partial charge in [-0.3, -0.25) is 24.1 Å². The minimum atomic E-state index is -0.707. The van der Waals surface area contributed by atoms with Gasteiger partial charge in [-0.05, 0) is 42.1 Å². The number of imide groups is 1. The second-order valence-corrected chi connectivity index (χ2v) is 9.30. The third-order valence-electron chi connectivity index (χ3n) is 5.11. The van der Waals surface area contributed by atoms with Crippen LogP contribution in [0.2, 0.25) is 10.0 Å². The van der Waals surface area contributed by atoms with Crippen molar-refractivity contribution in [3.63, 3.8) is 0 Å². The van der Waals surface area contributed by atoms with Crippen LogP contribution in [-0.4, -0.2) is 41.7 Å². The first-order valence-electron chi connectivity index (χ1n) is 10.2. The van der Waals surface area contributed by atoms with Crippen molar-refractivity contribution in [2.75, 3.05) is 25.1 Å². The fraction of sp³-hybridized carbons (Fsp3) is 0.130. The predicted octanol–water partition coefficient (Wildman–Crippen LogP) is 4.55. The van der Waals surface area contributed by atoms with E-state index in [9.17, 15) is 19.2 Å². The second kappa shape index (κ2) is 9.29. The first-order chi connectivity index (χ1) is 16.8. The molecule has 0 unspecified atom stereocenters. The topological polar surface area (TPSA) is 115 Å². The summed E-state index contributed by atoms with van der Waals surface area (Å²) >= 11 is 12.7. The van der Waals surface area contributed by atoms with Crippen LogP contribution in [0.1, 0.15) is 5.56 Å². The van der Waals surface area contributed by atoms with Crippen LogP contribution in [0, 0.1) is 0 Å². The smallest absolute Gasteiger partial charge is 0.294 e. The highest BCUT2D eigenvalue weighted by atomic mass is 35.5. The zero-order chi connectivity index (χ0) is 24.7. The van der Waals surface area contributed by atoms with Crippen LogP contribution in [0.3, 0.4) is 0 Å². The maximum absolute atomic E-state index is 12.8. The Morgan fingerprint density at radius 2 is 1.86 bits per heavy atom. The molecule has 5 rings (SSSR count). The Morgan fingerprint density at radius 3 is 2.66 bits per heavy atom. The Bertz CT molecular complexity index is 1500. The molecule has 1 N–H and O–H groups in total. The first-order valence-corrected chi connectivity index (χ1v) is 11.7. The quantitative estimate of drug-likeness (QED) is 0.486. The number of nitrogens with one attached hydrogen (secondary N) is 1. The van der Waals surface area contributed by atoms with Crippen molar-refractivity contribution in [2.45, 2.75) is 0 Å². The standard InChI is InChI=1S/C23H14Cl2N2O7S/c24-12-6-14-20(29)11(10-34-21(14)15(25)7-12)5-18-22(30)27(23(31)35-18)9-19(28)26-13-1-2-16-17(8-13)33-4-3-32-16/h1-2,5-8,10H,3-4,9H2,(H,26,28)/b18-5-. The lowest BCUT2D eigenvalue weighted by molar-refractivity contribution is -0.127. The van der Waals surface area contributed by atoms with Crippen molar-refractivity contribution >= 4 is 74.7 Å². The molecular weight excluding hydrogens is 519 g/mol. The molecule has 178 valence electrons. The summed E-state index contributed by atoms with van der Waals surface area (Å²) in [6.45, 7) is 0.325. The molecule has 2 aromatic carbocycles. The summed E-state index contributed by atoms with van der Waals surface area (Å²) in [7, 11) is 0. The van der Waals surface area contributed by atoms with E-state index in [1.165, 1.54) is 18.2 Å². The number of carbonyl (C=O) groups is 3. The summed E-state index contributed by atoms with van der Waals surface area (Å²) in [6, 6.07) is 7.71. The summed E-state index contributed by atoms with van der Waals surface area (Å²) in [5.41, 5.74) is 0.135. The van der Waals surface area contributed by atoms with E-state index in [2.05, 4.69) is 5.32 Å². The van der Waals surface area contributed by atoms with E-state index in [4.69, 9.17) is 37.1 Å².